The average molecular weight is 278 g/mol. The molecule has 1 saturated heterocycles. The molecule has 0 amide bonds. The van der Waals surface area contributed by atoms with Crippen molar-refractivity contribution in [3.8, 4) is 0 Å². The van der Waals surface area contributed by atoms with Crippen LogP contribution >= 0.6 is 0 Å². The van der Waals surface area contributed by atoms with Crippen LogP contribution in [-0.4, -0.2) is 26.0 Å². The van der Waals surface area contributed by atoms with E-state index in [1.54, 1.807) is 0 Å². The molecule has 4 nitrogen and oxygen atoms in total. The first kappa shape index (κ1) is 15.0. The molecule has 4 heteroatoms. The number of hydrogen-bond acceptors (Lipinski definition) is 4. The molecule has 1 aromatic carbocycles. The Hall–Kier alpha value is -1.39. The van der Waals surface area contributed by atoms with Crippen LogP contribution in [0.3, 0.4) is 0 Å². The van der Waals surface area contributed by atoms with Crippen molar-refractivity contribution in [3.05, 3.63) is 35.4 Å². The summed E-state index contributed by atoms with van der Waals surface area (Å²) in [6.45, 7) is 1.32. The lowest BCUT2D eigenvalue weighted by molar-refractivity contribution is -0.169. The SMILES string of the molecule is COC(=O)CCc1ccccc1COC1CCCCO1. The number of aryl methyl sites for hydroxylation is 1. The first-order valence-corrected chi connectivity index (χ1v) is 7.16. The molecule has 1 aliphatic heterocycles. The van der Waals surface area contributed by atoms with Gasteiger partial charge in [-0.15, -0.1) is 0 Å². The topological polar surface area (TPSA) is 44.8 Å². The van der Waals surface area contributed by atoms with Crippen LogP contribution in [0.4, 0.5) is 0 Å². The molecule has 0 radical (unpaired) electrons. The van der Waals surface area contributed by atoms with Gasteiger partial charge in [0.1, 0.15) is 0 Å². The van der Waals surface area contributed by atoms with Crippen molar-refractivity contribution in [2.24, 2.45) is 0 Å². The summed E-state index contributed by atoms with van der Waals surface area (Å²) in [5.74, 6) is -0.184. The zero-order valence-corrected chi connectivity index (χ0v) is 12.0. The second-order valence-corrected chi connectivity index (χ2v) is 4.95. The molecule has 110 valence electrons. The van der Waals surface area contributed by atoms with Gasteiger partial charge in [-0.1, -0.05) is 24.3 Å². The first-order chi connectivity index (χ1) is 9.79. The van der Waals surface area contributed by atoms with Gasteiger partial charge >= 0.3 is 5.97 Å². The lowest BCUT2D eigenvalue weighted by Gasteiger charge is -2.23. The predicted molar refractivity (Wildman–Crippen MR) is 75.2 cm³/mol. The number of esters is 1. The highest BCUT2D eigenvalue weighted by Crippen LogP contribution is 2.18. The van der Waals surface area contributed by atoms with E-state index in [2.05, 4.69) is 4.74 Å². The quantitative estimate of drug-likeness (QED) is 0.751. The number of hydrogen-bond donors (Lipinski definition) is 0. The Morgan fingerprint density at radius 1 is 1.30 bits per heavy atom. The Morgan fingerprint density at radius 2 is 2.10 bits per heavy atom. The molecule has 20 heavy (non-hydrogen) atoms. The van der Waals surface area contributed by atoms with E-state index in [1.165, 1.54) is 7.11 Å². The summed E-state index contributed by atoms with van der Waals surface area (Å²) in [5.41, 5.74) is 2.25. The number of benzene rings is 1. The Kier molecular flexibility index (Phi) is 6.02. The van der Waals surface area contributed by atoms with E-state index in [-0.39, 0.29) is 12.3 Å². The van der Waals surface area contributed by atoms with Gasteiger partial charge in [0.05, 0.1) is 13.7 Å². The van der Waals surface area contributed by atoms with Crippen molar-refractivity contribution in [2.45, 2.75) is 45.0 Å². The molecular formula is C16H22O4. The normalized spacial score (nSPS) is 18.8. The molecule has 1 fully saturated rings. The van der Waals surface area contributed by atoms with Gasteiger partial charge in [0.2, 0.25) is 0 Å². The smallest absolute Gasteiger partial charge is 0.305 e. The molecule has 0 saturated carbocycles. The largest absolute Gasteiger partial charge is 0.469 e. The average Bonchev–Trinajstić information content (AvgIpc) is 2.52. The van der Waals surface area contributed by atoms with Crippen molar-refractivity contribution >= 4 is 5.97 Å². The maximum atomic E-state index is 11.2. The molecule has 0 N–H and O–H groups in total. The minimum Gasteiger partial charge on any atom is -0.469 e. The number of carbonyl (C=O) groups is 1. The van der Waals surface area contributed by atoms with Crippen molar-refractivity contribution in [1.82, 2.24) is 0 Å². The van der Waals surface area contributed by atoms with E-state index < -0.39 is 0 Å². The Labute approximate surface area is 120 Å². The van der Waals surface area contributed by atoms with Crippen LogP contribution in [0.15, 0.2) is 24.3 Å². The predicted octanol–water partition coefficient (Wildman–Crippen LogP) is 2.84. The minimum atomic E-state index is -0.184. The number of carbonyl (C=O) groups excluding carboxylic acids is 1. The second kappa shape index (κ2) is 8.02. The highest BCUT2D eigenvalue weighted by molar-refractivity contribution is 5.69. The van der Waals surface area contributed by atoms with Crippen LogP contribution in [0.25, 0.3) is 0 Å². The molecule has 1 atom stereocenters. The molecule has 0 bridgehead atoms. The van der Waals surface area contributed by atoms with E-state index in [0.29, 0.717) is 19.4 Å². The zero-order chi connectivity index (χ0) is 14.2. The Balaban J connectivity index is 1.87. The monoisotopic (exact) mass is 278 g/mol. The highest BCUT2D eigenvalue weighted by atomic mass is 16.7. The molecule has 1 aliphatic rings. The van der Waals surface area contributed by atoms with E-state index in [1.807, 2.05) is 24.3 Å². The van der Waals surface area contributed by atoms with E-state index in [0.717, 1.165) is 37.0 Å². The maximum absolute atomic E-state index is 11.2. The number of methoxy groups -OCH3 is 1. The molecule has 0 aliphatic carbocycles. The standard InChI is InChI=1S/C16H22O4/c1-18-15(17)10-9-13-6-2-3-7-14(13)12-20-16-8-4-5-11-19-16/h2-3,6-7,16H,4-5,8-12H2,1H3. The third-order valence-corrected chi connectivity index (χ3v) is 3.51. The summed E-state index contributed by atoms with van der Waals surface area (Å²) in [4.78, 5) is 11.2. The number of rotatable bonds is 6. The van der Waals surface area contributed by atoms with Crippen LogP contribution in [0.1, 0.15) is 36.8 Å². The zero-order valence-electron chi connectivity index (χ0n) is 12.0. The van der Waals surface area contributed by atoms with Crippen LogP contribution in [0, 0.1) is 0 Å². The van der Waals surface area contributed by atoms with Crippen molar-refractivity contribution in [2.75, 3.05) is 13.7 Å². The molecule has 0 spiro atoms. The molecule has 2 rings (SSSR count). The summed E-state index contributed by atoms with van der Waals surface area (Å²) < 4.78 is 16.0. The van der Waals surface area contributed by atoms with E-state index in [4.69, 9.17) is 9.47 Å². The second-order valence-electron chi connectivity index (χ2n) is 4.95. The minimum absolute atomic E-state index is 0.0857. The lowest BCUT2D eigenvalue weighted by Crippen LogP contribution is -2.22. The summed E-state index contributed by atoms with van der Waals surface area (Å²) >= 11 is 0. The summed E-state index contributed by atoms with van der Waals surface area (Å²) in [6.07, 6.45) is 4.23. The maximum Gasteiger partial charge on any atom is 0.305 e. The molecule has 1 unspecified atom stereocenters. The van der Waals surface area contributed by atoms with Crippen molar-refractivity contribution < 1.29 is 19.0 Å². The van der Waals surface area contributed by atoms with E-state index >= 15 is 0 Å². The van der Waals surface area contributed by atoms with Crippen LogP contribution in [0.5, 0.6) is 0 Å². The van der Waals surface area contributed by atoms with Gasteiger partial charge < -0.3 is 14.2 Å². The molecular weight excluding hydrogens is 256 g/mol. The van der Waals surface area contributed by atoms with Crippen molar-refractivity contribution in [3.63, 3.8) is 0 Å². The van der Waals surface area contributed by atoms with Crippen LogP contribution in [0.2, 0.25) is 0 Å². The van der Waals surface area contributed by atoms with Gasteiger partial charge in [-0.25, -0.2) is 0 Å². The third kappa shape index (κ3) is 4.62. The molecule has 1 aromatic rings. The van der Waals surface area contributed by atoms with Gasteiger partial charge in [-0.3, -0.25) is 4.79 Å². The van der Waals surface area contributed by atoms with Gasteiger partial charge in [0.25, 0.3) is 0 Å². The molecule has 0 aromatic heterocycles. The van der Waals surface area contributed by atoms with Crippen LogP contribution in [-0.2, 0) is 32.0 Å². The van der Waals surface area contributed by atoms with Gasteiger partial charge in [0.15, 0.2) is 6.29 Å². The highest BCUT2D eigenvalue weighted by Gasteiger charge is 2.15. The fourth-order valence-corrected chi connectivity index (χ4v) is 2.31. The number of ether oxygens (including phenoxy) is 3. The van der Waals surface area contributed by atoms with Gasteiger partial charge in [-0.05, 0) is 36.8 Å². The third-order valence-electron chi connectivity index (χ3n) is 3.51. The van der Waals surface area contributed by atoms with E-state index in [9.17, 15) is 4.79 Å². The van der Waals surface area contributed by atoms with Gasteiger partial charge in [-0.2, -0.15) is 0 Å². The summed E-state index contributed by atoms with van der Waals surface area (Å²) in [6, 6.07) is 8.04. The molecule has 1 heterocycles. The summed E-state index contributed by atoms with van der Waals surface area (Å²) in [7, 11) is 1.41. The lowest BCUT2D eigenvalue weighted by atomic mass is 10.0. The van der Waals surface area contributed by atoms with Gasteiger partial charge in [0, 0.05) is 13.0 Å². The van der Waals surface area contributed by atoms with Crippen LogP contribution < -0.4 is 0 Å². The summed E-state index contributed by atoms with van der Waals surface area (Å²) in [5, 5.41) is 0. The fourth-order valence-electron chi connectivity index (χ4n) is 2.31. The Bertz CT molecular complexity index is 424. The Morgan fingerprint density at radius 3 is 2.80 bits per heavy atom. The van der Waals surface area contributed by atoms with Crippen molar-refractivity contribution in [1.29, 1.82) is 0 Å². The fraction of sp³-hybridized carbons (Fsp3) is 0.562. The first-order valence-electron chi connectivity index (χ1n) is 7.16.